The molecule has 26 heavy (non-hydrogen) atoms. The highest BCUT2D eigenvalue weighted by Gasteiger charge is 2.24. The molecule has 0 aromatic heterocycles. The van der Waals surface area contributed by atoms with Crippen molar-refractivity contribution in [2.75, 3.05) is 11.9 Å². The number of rotatable bonds is 6. The Balaban J connectivity index is 1.99. The van der Waals surface area contributed by atoms with Gasteiger partial charge < -0.3 is 10.1 Å². The van der Waals surface area contributed by atoms with Gasteiger partial charge in [0.1, 0.15) is 5.56 Å². The highest BCUT2D eigenvalue weighted by atomic mass is 16.6. The molecule has 2 aromatic rings. The lowest BCUT2D eigenvalue weighted by atomic mass is 10.1. The van der Waals surface area contributed by atoms with E-state index in [4.69, 9.17) is 4.74 Å². The van der Waals surface area contributed by atoms with Crippen molar-refractivity contribution >= 4 is 29.0 Å². The molecule has 0 bridgehead atoms. The number of carbonyl (C=O) groups is 3. The van der Waals surface area contributed by atoms with Gasteiger partial charge in [0.25, 0.3) is 11.6 Å². The zero-order valence-corrected chi connectivity index (χ0v) is 14.1. The van der Waals surface area contributed by atoms with Gasteiger partial charge in [0, 0.05) is 16.8 Å². The fraction of sp³-hybridized carbons (Fsp3) is 0.167. The molecule has 0 aliphatic carbocycles. The van der Waals surface area contributed by atoms with E-state index >= 15 is 0 Å². The number of nitrogens with one attached hydrogen (secondary N) is 1. The molecule has 134 valence electrons. The van der Waals surface area contributed by atoms with Crippen molar-refractivity contribution in [2.45, 2.75) is 13.8 Å². The number of ether oxygens (including phenoxy) is 1. The van der Waals surface area contributed by atoms with E-state index in [1.165, 1.54) is 32.0 Å². The van der Waals surface area contributed by atoms with E-state index in [1.54, 1.807) is 24.3 Å². The van der Waals surface area contributed by atoms with Crippen molar-refractivity contribution in [1.29, 1.82) is 0 Å². The SMILES string of the molecule is CC(=O)c1ccc(NC(=O)COC(=O)c2cccc(C)c2[N+](=O)[O-])cc1. The second kappa shape index (κ2) is 8.02. The Labute approximate surface area is 148 Å². The molecule has 0 radical (unpaired) electrons. The van der Waals surface area contributed by atoms with Crippen LogP contribution in [-0.4, -0.2) is 29.2 Å². The first-order valence-corrected chi connectivity index (χ1v) is 7.61. The summed E-state index contributed by atoms with van der Waals surface area (Å²) in [4.78, 5) is 45.5. The van der Waals surface area contributed by atoms with Gasteiger partial charge in [0.15, 0.2) is 12.4 Å². The first-order valence-electron chi connectivity index (χ1n) is 7.61. The summed E-state index contributed by atoms with van der Waals surface area (Å²) in [5.41, 5.74) is 0.685. The fourth-order valence-corrected chi connectivity index (χ4v) is 2.26. The second-order valence-corrected chi connectivity index (χ2v) is 5.49. The summed E-state index contributed by atoms with van der Waals surface area (Å²) >= 11 is 0. The van der Waals surface area contributed by atoms with Crippen LogP contribution in [-0.2, 0) is 9.53 Å². The maximum Gasteiger partial charge on any atom is 0.345 e. The van der Waals surface area contributed by atoms with Gasteiger partial charge in [0.2, 0.25) is 0 Å². The van der Waals surface area contributed by atoms with Crippen LogP contribution in [0, 0.1) is 17.0 Å². The van der Waals surface area contributed by atoms with E-state index in [9.17, 15) is 24.5 Å². The van der Waals surface area contributed by atoms with E-state index < -0.39 is 23.4 Å². The number of nitrogens with zero attached hydrogens (tertiary/aromatic N) is 1. The van der Waals surface area contributed by atoms with E-state index in [0.717, 1.165) is 0 Å². The smallest absolute Gasteiger partial charge is 0.345 e. The van der Waals surface area contributed by atoms with Gasteiger partial charge in [-0.2, -0.15) is 0 Å². The Hall–Kier alpha value is -3.55. The summed E-state index contributed by atoms with van der Waals surface area (Å²) in [5.74, 6) is -1.66. The summed E-state index contributed by atoms with van der Waals surface area (Å²) in [6, 6.07) is 10.5. The van der Waals surface area contributed by atoms with Crippen LogP contribution in [0.25, 0.3) is 0 Å². The van der Waals surface area contributed by atoms with Gasteiger partial charge in [-0.05, 0) is 44.2 Å². The van der Waals surface area contributed by atoms with Crippen LogP contribution < -0.4 is 5.32 Å². The molecule has 0 aliphatic rings. The van der Waals surface area contributed by atoms with E-state index in [1.807, 2.05) is 0 Å². The molecular weight excluding hydrogens is 340 g/mol. The lowest BCUT2D eigenvalue weighted by molar-refractivity contribution is -0.385. The number of Topliss-reactive ketones (excluding diaryl/α,β-unsaturated/α-hetero) is 1. The van der Waals surface area contributed by atoms with Crippen LogP contribution in [0.4, 0.5) is 11.4 Å². The minimum atomic E-state index is -0.956. The van der Waals surface area contributed by atoms with Gasteiger partial charge in [-0.25, -0.2) is 4.79 Å². The molecule has 1 N–H and O–H groups in total. The van der Waals surface area contributed by atoms with Crippen LogP contribution >= 0.6 is 0 Å². The number of amides is 1. The number of hydrogen-bond acceptors (Lipinski definition) is 6. The zero-order chi connectivity index (χ0) is 19.3. The summed E-state index contributed by atoms with van der Waals surface area (Å²) in [6.45, 7) is 2.34. The van der Waals surface area contributed by atoms with Crippen LogP contribution in [0.2, 0.25) is 0 Å². The summed E-state index contributed by atoms with van der Waals surface area (Å²) in [7, 11) is 0. The maximum atomic E-state index is 12.1. The third-order valence-corrected chi connectivity index (χ3v) is 3.55. The van der Waals surface area contributed by atoms with Crippen LogP contribution in [0.5, 0.6) is 0 Å². The van der Waals surface area contributed by atoms with Gasteiger partial charge in [-0.15, -0.1) is 0 Å². The molecule has 2 rings (SSSR count). The lowest BCUT2D eigenvalue weighted by Crippen LogP contribution is -2.21. The number of nitro benzene ring substituents is 1. The largest absolute Gasteiger partial charge is 0.452 e. The first-order chi connectivity index (χ1) is 12.3. The van der Waals surface area contributed by atoms with Crippen LogP contribution in [0.3, 0.4) is 0 Å². The number of aryl methyl sites for hydroxylation is 1. The van der Waals surface area contributed by atoms with Crippen molar-refractivity contribution in [3.05, 3.63) is 69.3 Å². The topological polar surface area (TPSA) is 116 Å². The average Bonchev–Trinajstić information content (AvgIpc) is 2.59. The summed E-state index contributed by atoms with van der Waals surface area (Å²) < 4.78 is 4.86. The quantitative estimate of drug-likeness (QED) is 0.368. The predicted molar refractivity (Wildman–Crippen MR) is 93.2 cm³/mol. The Kier molecular flexibility index (Phi) is 5.79. The number of nitro groups is 1. The number of carbonyl (C=O) groups excluding carboxylic acids is 3. The minimum Gasteiger partial charge on any atom is -0.452 e. The molecule has 0 saturated carbocycles. The highest BCUT2D eigenvalue weighted by Crippen LogP contribution is 2.23. The number of benzene rings is 2. The van der Waals surface area contributed by atoms with Gasteiger partial charge in [-0.1, -0.05) is 12.1 Å². The third-order valence-electron chi connectivity index (χ3n) is 3.55. The molecule has 1 amide bonds. The Morgan fingerprint density at radius 3 is 2.35 bits per heavy atom. The molecule has 0 saturated heterocycles. The number of hydrogen-bond donors (Lipinski definition) is 1. The molecule has 8 nitrogen and oxygen atoms in total. The van der Waals surface area contributed by atoms with Crippen LogP contribution in [0.1, 0.15) is 33.2 Å². The van der Waals surface area contributed by atoms with Crippen molar-refractivity contribution in [2.24, 2.45) is 0 Å². The fourth-order valence-electron chi connectivity index (χ4n) is 2.26. The number of ketones is 1. The average molecular weight is 356 g/mol. The van der Waals surface area contributed by atoms with E-state index in [0.29, 0.717) is 16.8 Å². The third kappa shape index (κ3) is 4.50. The summed E-state index contributed by atoms with van der Waals surface area (Å²) in [6.07, 6.45) is 0. The van der Waals surface area contributed by atoms with Gasteiger partial charge in [0.05, 0.1) is 4.92 Å². The van der Waals surface area contributed by atoms with Gasteiger partial charge >= 0.3 is 5.97 Å². The maximum absolute atomic E-state index is 12.1. The van der Waals surface area contributed by atoms with Crippen molar-refractivity contribution in [1.82, 2.24) is 0 Å². The van der Waals surface area contributed by atoms with Gasteiger partial charge in [-0.3, -0.25) is 19.7 Å². The monoisotopic (exact) mass is 356 g/mol. The molecule has 0 atom stereocenters. The molecule has 0 heterocycles. The Morgan fingerprint density at radius 2 is 1.77 bits per heavy atom. The van der Waals surface area contributed by atoms with E-state index in [2.05, 4.69) is 5.32 Å². The van der Waals surface area contributed by atoms with E-state index in [-0.39, 0.29) is 17.0 Å². The standard InChI is InChI=1S/C18H16N2O6/c1-11-4-3-5-15(17(11)20(24)25)18(23)26-10-16(22)19-14-8-6-13(7-9-14)12(2)21/h3-9H,10H2,1-2H3,(H,19,22). The van der Waals surface area contributed by atoms with Crippen LogP contribution in [0.15, 0.2) is 42.5 Å². The number of para-hydroxylation sites is 1. The Bertz CT molecular complexity index is 874. The van der Waals surface area contributed by atoms with Crippen molar-refractivity contribution < 1.29 is 24.0 Å². The zero-order valence-electron chi connectivity index (χ0n) is 14.1. The highest BCUT2D eigenvalue weighted by molar-refractivity contribution is 5.98. The molecular formula is C18H16N2O6. The molecule has 2 aromatic carbocycles. The molecule has 0 fully saturated rings. The minimum absolute atomic E-state index is 0.100. The van der Waals surface area contributed by atoms with Crippen molar-refractivity contribution in [3.63, 3.8) is 0 Å². The second-order valence-electron chi connectivity index (χ2n) is 5.49. The Morgan fingerprint density at radius 1 is 1.12 bits per heavy atom. The predicted octanol–water partition coefficient (Wildman–Crippen LogP) is 2.90. The summed E-state index contributed by atoms with van der Waals surface area (Å²) in [5, 5.41) is 13.6. The number of anilines is 1. The molecule has 0 aliphatic heterocycles. The first kappa shape index (κ1) is 18.8. The normalized spacial score (nSPS) is 10.1. The molecule has 0 spiro atoms. The number of esters is 1. The molecule has 0 unspecified atom stereocenters. The lowest BCUT2D eigenvalue weighted by Gasteiger charge is -2.08. The van der Waals surface area contributed by atoms with Crippen molar-refractivity contribution in [3.8, 4) is 0 Å². The molecule has 8 heteroatoms.